The van der Waals surface area contributed by atoms with Gasteiger partial charge in [0.15, 0.2) is 16.7 Å². The number of nitrogens with zero attached hydrogens (tertiary/aromatic N) is 4. The molecule has 33 heavy (non-hydrogen) atoms. The Labute approximate surface area is 192 Å². The van der Waals surface area contributed by atoms with E-state index in [0.717, 1.165) is 11.8 Å². The van der Waals surface area contributed by atoms with Crippen LogP contribution in [-0.4, -0.2) is 33.6 Å². The molecule has 0 atom stereocenters. The Morgan fingerprint density at radius 1 is 1.27 bits per heavy atom. The number of rotatable bonds is 6. The van der Waals surface area contributed by atoms with Crippen molar-refractivity contribution in [2.24, 2.45) is 7.05 Å². The van der Waals surface area contributed by atoms with Gasteiger partial charge in [-0.15, -0.1) is 0 Å². The van der Waals surface area contributed by atoms with Gasteiger partial charge in [-0.05, 0) is 41.6 Å². The van der Waals surface area contributed by atoms with Crippen molar-refractivity contribution in [1.29, 1.82) is 5.26 Å². The van der Waals surface area contributed by atoms with Crippen LogP contribution in [0.5, 0.6) is 11.5 Å². The highest BCUT2D eigenvalue weighted by atomic mass is 32.2. The summed E-state index contributed by atoms with van der Waals surface area (Å²) in [6, 6.07) is 11.2. The Morgan fingerprint density at radius 2 is 2.06 bits per heavy atom. The molecule has 0 spiro atoms. The lowest BCUT2D eigenvalue weighted by atomic mass is 10.1. The highest BCUT2D eigenvalue weighted by molar-refractivity contribution is 7.99. The summed E-state index contributed by atoms with van der Waals surface area (Å²) in [6.45, 7) is 0.853. The number of hydrogen-bond acceptors (Lipinski definition) is 8. The first-order chi connectivity index (χ1) is 15.9. The van der Waals surface area contributed by atoms with E-state index in [1.165, 1.54) is 12.1 Å². The molecule has 0 saturated carbocycles. The number of carbonyl (C=O) groups is 1. The molecule has 0 bridgehead atoms. The molecule has 0 unspecified atom stereocenters. The van der Waals surface area contributed by atoms with Crippen molar-refractivity contribution in [3.63, 3.8) is 0 Å². The molecule has 4 rings (SSSR count). The van der Waals surface area contributed by atoms with Crippen LogP contribution < -0.4 is 14.8 Å². The second-order valence-corrected chi connectivity index (χ2v) is 7.90. The van der Waals surface area contributed by atoms with E-state index in [1.807, 2.05) is 6.07 Å². The van der Waals surface area contributed by atoms with Crippen molar-refractivity contribution in [3.05, 3.63) is 70.0 Å². The second kappa shape index (κ2) is 9.46. The van der Waals surface area contributed by atoms with Crippen LogP contribution in [-0.2, 0) is 11.8 Å². The summed E-state index contributed by atoms with van der Waals surface area (Å²) in [5.41, 5.74) is 0.419. The zero-order valence-corrected chi connectivity index (χ0v) is 18.2. The lowest BCUT2D eigenvalue weighted by Gasteiger charge is -2.18. The molecule has 166 valence electrons. The standard InChI is InChI=1S/C22H17N5O5S/c1-26-7-6-24-22(26)33-20-5-2-14(11-17(20)27(29)30)10-15(13-23)21(28)25-16-3-4-18-19(12-16)32-9-8-31-18/h2-7,10-12H,8-9H2,1H3,(H,25,28)/b15-10+. The first-order valence-corrected chi connectivity index (χ1v) is 10.5. The minimum absolute atomic E-state index is 0.152. The summed E-state index contributed by atoms with van der Waals surface area (Å²) in [7, 11) is 1.79. The Kier molecular flexibility index (Phi) is 6.28. The molecule has 1 aliphatic heterocycles. The fourth-order valence-corrected chi connectivity index (χ4v) is 3.93. The molecule has 11 heteroatoms. The Bertz CT molecular complexity index is 1310. The van der Waals surface area contributed by atoms with E-state index in [9.17, 15) is 20.2 Å². The average molecular weight is 463 g/mol. The molecular weight excluding hydrogens is 446 g/mol. The normalized spacial score (nSPS) is 12.7. The number of imidazole rings is 1. The topological polar surface area (TPSA) is 132 Å². The number of amides is 1. The van der Waals surface area contributed by atoms with E-state index in [2.05, 4.69) is 10.3 Å². The van der Waals surface area contributed by atoms with Crippen LogP contribution in [0.2, 0.25) is 0 Å². The summed E-state index contributed by atoms with van der Waals surface area (Å²) >= 11 is 1.15. The molecule has 1 aliphatic rings. The van der Waals surface area contributed by atoms with Crippen molar-refractivity contribution in [3.8, 4) is 17.6 Å². The van der Waals surface area contributed by atoms with Crippen molar-refractivity contribution in [2.45, 2.75) is 10.1 Å². The Balaban J connectivity index is 1.56. The fourth-order valence-electron chi connectivity index (χ4n) is 3.04. The quantitative estimate of drug-likeness (QED) is 0.253. The molecule has 0 fully saturated rings. The number of hydrogen-bond donors (Lipinski definition) is 1. The van der Waals surface area contributed by atoms with Crippen molar-refractivity contribution in [1.82, 2.24) is 9.55 Å². The van der Waals surface area contributed by atoms with Gasteiger partial charge in [-0.1, -0.05) is 6.07 Å². The van der Waals surface area contributed by atoms with E-state index in [4.69, 9.17) is 9.47 Å². The molecule has 0 radical (unpaired) electrons. The van der Waals surface area contributed by atoms with E-state index >= 15 is 0 Å². The largest absolute Gasteiger partial charge is 0.486 e. The number of nitro benzene ring substituents is 1. The van der Waals surface area contributed by atoms with Crippen LogP contribution in [0.4, 0.5) is 11.4 Å². The molecule has 1 N–H and O–H groups in total. The Hall–Kier alpha value is -4.30. The molecule has 1 aromatic heterocycles. The van der Waals surface area contributed by atoms with Gasteiger partial charge in [-0.2, -0.15) is 5.26 Å². The maximum atomic E-state index is 12.6. The smallest absolute Gasteiger partial charge is 0.283 e. The maximum absolute atomic E-state index is 12.6. The number of anilines is 1. The predicted molar refractivity (Wildman–Crippen MR) is 120 cm³/mol. The number of nitrogens with one attached hydrogen (secondary N) is 1. The minimum Gasteiger partial charge on any atom is -0.486 e. The molecule has 0 saturated heterocycles. The van der Waals surface area contributed by atoms with Crippen molar-refractivity contribution >= 4 is 35.1 Å². The number of carbonyl (C=O) groups excluding carboxylic acids is 1. The summed E-state index contributed by atoms with van der Waals surface area (Å²) in [6.07, 6.45) is 4.64. The molecule has 1 amide bonds. The van der Waals surface area contributed by atoms with Gasteiger partial charge in [-0.3, -0.25) is 14.9 Å². The highest BCUT2D eigenvalue weighted by Gasteiger charge is 2.19. The van der Waals surface area contributed by atoms with Gasteiger partial charge in [0.2, 0.25) is 0 Å². The molecule has 3 aromatic rings. The fraction of sp³-hybridized carbons (Fsp3) is 0.136. The van der Waals surface area contributed by atoms with Crippen LogP contribution in [0.1, 0.15) is 5.56 Å². The van der Waals surface area contributed by atoms with Gasteiger partial charge in [0, 0.05) is 37.3 Å². The summed E-state index contributed by atoms with van der Waals surface area (Å²) in [4.78, 5) is 28.3. The zero-order valence-electron chi connectivity index (χ0n) is 17.3. The number of benzene rings is 2. The van der Waals surface area contributed by atoms with Crippen molar-refractivity contribution < 1.29 is 19.2 Å². The number of aryl methyl sites for hydroxylation is 1. The monoisotopic (exact) mass is 463 g/mol. The van der Waals surface area contributed by atoms with E-state index < -0.39 is 10.8 Å². The molecule has 10 nitrogen and oxygen atoms in total. The molecule has 2 heterocycles. The third-order valence-electron chi connectivity index (χ3n) is 4.63. The number of ether oxygens (including phenoxy) is 2. The lowest BCUT2D eigenvalue weighted by molar-refractivity contribution is -0.387. The van der Waals surface area contributed by atoms with Gasteiger partial charge in [0.1, 0.15) is 24.9 Å². The lowest BCUT2D eigenvalue weighted by Crippen LogP contribution is -2.17. The van der Waals surface area contributed by atoms with E-state index in [1.54, 1.807) is 54.3 Å². The van der Waals surface area contributed by atoms with Gasteiger partial charge < -0.3 is 19.4 Å². The van der Waals surface area contributed by atoms with Gasteiger partial charge in [0.05, 0.1) is 9.82 Å². The summed E-state index contributed by atoms with van der Waals surface area (Å²) < 4.78 is 12.7. The molecule has 2 aromatic carbocycles. The average Bonchev–Trinajstić information content (AvgIpc) is 3.22. The predicted octanol–water partition coefficient (Wildman–Crippen LogP) is 3.80. The zero-order chi connectivity index (χ0) is 23.4. The van der Waals surface area contributed by atoms with E-state index in [-0.39, 0.29) is 11.3 Å². The first-order valence-electron chi connectivity index (χ1n) is 9.71. The number of fused-ring (bicyclic) bond motifs is 1. The van der Waals surface area contributed by atoms with Gasteiger partial charge in [-0.25, -0.2) is 4.98 Å². The first kappa shape index (κ1) is 21.9. The van der Waals surface area contributed by atoms with Gasteiger partial charge >= 0.3 is 0 Å². The summed E-state index contributed by atoms with van der Waals surface area (Å²) in [5.74, 6) is 0.423. The third-order valence-corrected chi connectivity index (χ3v) is 5.78. The van der Waals surface area contributed by atoms with Crippen LogP contribution >= 0.6 is 11.8 Å². The van der Waals surface area contributed by atoms with Crippen LogP contribution in [0.25, 0.3) is 6.08 Å². The Morgan fingerprint density at radius 3 is 2.76 bits per heavy atom. The number of aromatic nitrogens is 2. The highest BCUT2D eigenvalue weighted by Crippen LogP contribution is 2.35. The SMILES string of the molecule is Cn1ccnc1Sc1ccc(/C=C(\C#N)C(=O)Nc2ccc3c(c2)OCCO3)cc1[N+](=O)[O-]. The summed E-state index contributed by atoms with van der Waals surface area (Å²) in [5, 5.41) is 24.3. The van der Waals surface area contributed by atoms with E-state index in [0.29, 0.717) is 46.0 Å². The van der Waals surface area contributed by atoms with Crippen LogP contribution in [0.3, 0.4) is 0 Å². The van der Waals surface area contributed by atoms with Crippen LogP contribution in [0, 0.1) is 21.4 Å². The molecule has 0 aliphatic carbocycles. The second-order valence-electron chi connectivity index (χ2n) is 6.89. The number of nitro groups is 1. The van der Waals surface area contributed by atoms with Crippen LogP contribution in [0.15, 0.2) is 64.4 Å². The van der Waals surface area contributed by atoms with Crippen molar-refractivity contribution in [2.75, 3.05) is 18.5 Å². The molecular formula is C22H17N5O5S. The van der Waals surface area contributed by atoms with Gasteiger partial charge in [0.25, 0.3) is 11.6 Å². The third kappa shape index (κ3) is 4.97. The number of nitriles is 1. The minimum atomic E-state index is -0.650. The maximum Gasteiger partial charge on any atom is 0.283 e.